The molecule has 2 aromatic carbocycles. The monoisotopic (exact) mass is 446 g/mol. The Morgan fingerprint density at radius 2 is 1.74 bits per heavy atom. The highest BCUT2D eigenvalue weighted by Crippen LogP contribution is 2.32. The number of nitrogens with one attached hydrogen (secondary N) is 1. The van der Waals surface area contributed by atoms with E-state index < -0.39 is 28.5 Å². The summed E-state index contributed by atoms with van der Waals surface area (Å²) in [5, 5.41) is 2.62. The minimum absolute atomic E-state index is 0.0320. The van der Waals surface area contributed by atoms with Gasteiger partial charge in [-0.1, -0.05) is 6.07 Å². The zero-order valence-electron chi connectivity index (χ0n) is 16.7. The summed E-state index contributed by atoms with van der Waals surface area (Å²) in [4.78, 5) is 24.5. The van der Waals surface area contributed by atoms with Gasteiger partial charge in [-0.3, -0.25) is 4.79 Å². The highest BCUT2D eigenvalue weighted by atomic mass is 32.2. The number of carbonyl (C=O) groups excluding carboxylic acids is 2. The summed E-state index contributed by atoms with van der Waals surface area (Å²) in [6.45, 7) is 1.31. The molecule has 4 rings (SSSR count). The van der Waals surface area contributed by atoms with Crippen LogP contribution in [0.4, 0.5) is 5.69 Å². The number of hydrogen-bond acceptors (Lipinski definition) is 7. The van der Waals surface area contributed by atoms with Crippen LogP contribution in [0, 0.1) is 0 Å². The van der Waals surface area contributed by atoms with Gasteiger partial charge in [0.1, 0.15) is 13.2 Å². The largest absolute Gasteiger partial charge is 0.486 e. The number of benzene rings is 2. The number of carbonyl (C=O) groups is 2. The SMILES string of the molecule is O=C(COC(=O)c1cccc(S(=O)(=O)N2CCCC2)c1)Nc1ccc2c(c1)OCCO2. The lowest BCUT2D eigenvalue weighted by atomic mass is 10.2. The van der Waals surface area contributed by atoms with Gasteiger partial charge >= 0.3 is 5.97 Å². The van der Waals surface area contributed by atoms with Crippen molar-refractivity contribution in [1.82, 2.24) is 4.31 Å². The number of nitrogens with zero attached hydrogens (tertiary/aromatic N) is 1. The Labute approximate surface area is 179 Å². The molecular formula is C21H22N2O7S. The Kier molecular flexibility index (Phi) is 6.10. The third-order valence-electron chi connectivity index (χ3n) is 4.93. The summed E-state index contributed by atoms with van der Waals surface area (Å²) in [6, 6.07) is 10.6. The van der Waals surface area contributed by atoms with Gasteiger partial charge in [0.2, 0.25) is 10.0 Å². The lowest BCUT2D eigenvalue weighted by molar-refractivity contribution is -0.119. The molecule has 0 aliphatic carbocycles. The molecule has 2 heterocycles. The molecule has 0 saturated carbocycles. The zero-order valence-corrected chi connectivity index (χ0v) is 17.5. The number of ether oxygens (including phenoxy) is 3. The third kappa shape index (κ3) is 4.80. The molecule has 2 aromatic rings. The summed E-state index contributed by atoms with van der Waals surface area (Å²) in [7, 11) is -3.65. The van der Waals surface area contributed by atoms with Gasteiger partial charge in [0.15, 0.2) is 18.1 Å². The average Bonchev–Trinajstić information content (AvgIpc) is 3.33. The normalized spacial score (nSPS) is 16.0. The summed E-state index contributed by atoms with van der Waals surface area (Å²) in [6.07, 6.45) is 1.64. The molecule has 0 unspecified atom stereocenters. The van der Waals surface area contributed by atoms with Crippen molar-refractivity contribution in [2.24, 2.45) is 0 Å². The maximum atomic E-state index is 12.7. The Morgan fingerprint density at radius 1 is 1.00 bits per heavy atom. The molecule has 2 aliphatic heterocycles. The predicted octanol–water partition coefficient (Wildman–Crippen LogP) is 2.04. The lowest BCUT2D eigenvalue weighted by Gasteiger charge is -2.19. The van der Waals surface area contributed by atoms with Crippen LogP contribution in [0.5, 0.6) is 11.5 Å². The van der Waals surface area contributed by atoms with Crippen LogP contribution in [0.2, 0.25) is 0 Å². The highest BCUT2D eigenvalue weighted by Gasteiger charge is 2.27. The standard InChI is InChI=1S/C21H22N2O7S/c24-20(22-16-6-7-18-19(13-16)29-11-10-28-18)14-30-21(25)15-4-3-5-17(12-15)31(26,27)23-8-1-2-9-23/h3-7,12-13H,1-2,8-11,14H2,(H,22,24). The second-order valence-corrected chi connectivity index (χ2v) is 9.06. The topological polar surface area (TPSA) is 111 Å². The fourth-order valence-electron chi connectivity index (χ4n) is 3.39. The maximum Gasteiger partial charge on any atom is 0.338 e. The first-order valence-corrected chi connectivity index (χ1v) is 11.3. The van der Waals surface area contributed by atoms with E-state index in [0.29, 0.717) is 43.5 Å². The van der Waals surface area contributed by atoms with E-state index in [9.17, 15) is 18.0 Å². The Bertz CT molecular complexity index is 1090. The van der Waals surface area contributed by atoms with Crippen molar-refractivity contribution in [3.8, 4) is 11.5 Å². The summed E-state index contributed by atoms with van der Waals surface area (Å²) in [5.41, 5.74) is 0.538. The average molecular weight is 446 g/mol. The minimum atomic E-state index is -3.65. The number of sulfonamides is 1. The van der Waals surface area contributed by atoms with Crippen LogP contribution in [-0.2, 0) is 19.6 Å². The van der Waals surface area contributed by atoms with Crippen LogP contribution in [0.1, 0.15) is 23.2 Å². The fourth-order valence-corrected chi connectivity index (χ4v) is 4.96. The van der Waals surface area contributed by atoms with Crippen LogP contribution in [0.25, 0.3) is 0 Å². The Morgan fingerprint density at radius 3 is 2.52 bits per heavy atom. The van der Waals surface area contributed by atoms with Crippen molar-refractivity contribution in [3.05, 3.63) is 48.0 Å². The number of esters is 1. The number of amides is 1. The van der Waals surface area contributed by atoms with E-state index >= 15 is 0 Å². The second-order valence-electron chi connectivity index (χ2n) is 7.12. The Balaban J connectivity index is 1.36. The van der Waals surface area contributed by atoms with Crippen molar-refractivity contribution in [1.29, 1.82) is 0 Å². The molecule has 9 nitrogen and oxygen atoms in total. The molecule has 0 aromatic heterocycles. The number of fused-ring (bicyclic) bond motifs is 1. The van der Waals surface area contributed by atoms with Gasteiger partial charge in [-0.2, -0.15) is 4.31 Å². The van der Waals surface area contributed by atoms with Crippen molar-refractivity contribution in [3.63, 3.8) is 0 Å². The Hall–Kier alpha value is -3.11. The van der Waals surface area contributed by atoms with Gasteiger partial charge in [0, 0.05) is 24.8 Å². The number of hydrogen-bond donors (Lipinski definition) is 1. The molecule has 0 radical (unpaired) electrons. The fraction of sp³-hybridized carbons (Fsp3) is 0.333. The molecule has 1 amide bonds. The van der Waals surface area contributed by atoms with Gasteiger partial charge in [-0.25, -0.2) is 13.2 Å². The third-order valence-corrected chi connectivity index (χ3v) is 6.83. The van der Waals surface area contributed by atoms with E-state index in [4.69, 9.17) is 14.2 Å². The van der Waals surface area contributed by atoms with E-state index in [0.717, 1.165) is 12.8 Å². The zero-order chi connectivity index (χ0) is 21.8. The van der Waals surface area contributed by atoms with Gasteiger partial charge in [0.25, 0.3) is 5.91 Å². The van der Waals surface area contributed by atoms with Crippen molar-refractivity contribution >= 4 is 27.6 Å². The van der Waals surface area contributed by atoms with Crippen molar-refractivity contribution in [2.45, 2.75) is 17.7 Å². The van der Waals surface area contributed by atoms with Crippen molar-refractivity contribution in [2.75, 3.05) is 38.2 Å². The molecule has 1 N–H and O–H groups in total. The van der Waals surface area contributed by atoms with E-state index in [-0.39, 0.29) is 10.5 Å². The highest BCUT2D eigenvalue weighted by molar-refractivity contribution is 7.89. The molecule has 31 heavy (non-hydrogen) atoms. The van der Waals surface area contributed by atoms with Gasteiger partial charge in [-0.05, 0) is 43.2 Å². The number of rotatable bonds is 6. The van der Waals surface area contributed by atoms with Gasteiger partial charge in [-0.15, -0.1) is 0 Å². The van der Waals surface area contributed by atoms with E-state index in [1.54, 1.807) is 18.2 Å². The number of anilines is 1. The first-order valence-electron chi connectivity index (χ1n) is 9.90. The molecule has 1 saturated heterocycles. The molecule has 164 valence electrons. The maximum absolute atomic E-state index is 12.7. The van der Waals surface area contributed by atoms with Crippen LogP contribution in [-0.4, -0.2) is 57.5 Å². The first-order chi connectivity index (χ1) is 14.9. The van der Waals surface area contributed by atoms with E-state index in [2.05, 4.69) is 5.32 Å². The van der Waals surface area contributed by atoms with Crippen LogP contribution in [0.3, 0.4) is 0 Å². The van der Waals surface area contributed by atoms with Crippen LogP contribution >= 0.6 is 0 Å². The van der Waals surface area contributed by atoms with Crippen molar-refractivity contribution < 1.29 is 32.2 Å². The van der Waals surface area contributed by atoms with E-state index in [1.165, 1.54) is 28.6 Å². The van der Waals surface area contributed by atoms with E-state index in [1.807, 2.05) is 0 Å². The molecule has 2 aliphatic rings. The minimum Gasteiger partial charge on any atom is -0.486 e. The van der Waals surface area contributed by atoms with Crippen LogP contribution in [0.15, 0.2) is 47.4 Å². The summed E-state index contributed by atoms with van der Waals surface area (Å²) in [5.74, 6) is -0.196. The van der Waals surface area contributed by atoms with Crippen LogP contribution < -0.4 is 14.8 Å². The molecule has 1 fully saturated rings. The molecule has 0 bridgehead atoms. The molecule has 10 heteroatoms. The lowest BCUT2D eigenvalue weighted by Crippen LogP contribution is -2.28. The van der Waals surface area contributed by atoms with Gasteiger partial charge in [0.05, 0.1) is 10.5 Å². The molecular weight excluding hydrogens is 424 g/mol. The summed E-state index contributed by atoms with van der Waals surface area (Å²) >= 11 is 0. The smallest absolute Gasteiger partial charge is 0.338 e. The molecule has 0 atom stereocenters. The molecule has 0 spiro atoms. The summed E-state index contributed by atoms with van der Waals surface area (Å²) < 4.78 is 42.7. The second kappa shape index (κ2) is 8.94. The first kappa shape index (κ1) is 21.1. The quantitative estimate of drug-likeness (QED) is 0.676. The predicted molar refractivity (Wildman–Crippen MR) is 111 cm³/mol. The van der Waals surface area contributed by atoms with Gasteiger partial charge < -0.3 is 19.5 Å².